The van der Waals surface area contributed by atoms with Gasteiger partial charge in [-0.15, -0.1) is 0 Å². The Morgan fingerprint density at radius 1 is 0.606 bits per heavy atom. The molecular formula is C29H18O4. The van der Waals surface area contributed by atoms with Crippen molar-refractivity contribution in [1.82, 2.24) is 0 Å². The van der Waals surface area contributed by atoms with Crippen molar-refractivity contribution in [2.24, 2.45) is 0 Å². The highest BCUT2D eigenvalue weighted by Crippen LogP contribution is 2.36. The lowest BCUT2D eigenvalue weighted by Gasteiger charge is -2.16. The minimum atomic E-state index is -0.178. The summed E-state index contributed by atoms with van der Waals surface area (Å²) in [4.78, 5) is 37.4. The van der Waals surface area contributed by atoms with E-state index in [2.05, 4.69) is 0 Å². The zero-order chi connectivity index (χ0) is 22.8. The van der Waals surface area contributed by atoms with E-state index in [-0.39, 0.29) is 11.5 Å². The van der Waals surface area contributed by atoms with E-state index >= 15 is 0 Å². The van der Waals surface area contributed by atoms with Crippen molar-refractivity contribution in [3.63, 3.8) is 0 Å². The first-order valence-corrected chi connectivity index (χ1v) is 10.5. The zero-order valence-corrected chi connectivity index (χ0v) is 17.5. The fourth-order valence-electron chi connectivity index (χ4n) is 4.12. The molecule has 0 N–H and O–H groups in total. The van der Waals surface area contributed by atoms with E-state index in [1.54, 1.807) is 42.5 Å². The molecule has 5 aromatic carbocycles. The van der Waals surface area contributed by atoms with Crippen molar-refractivity contribution < 1.29 is 19.1 Å². The van der Waals surface area contributed by atoms with Crippen molar-refractivity contribution in [2.75, 3.05) is 0 Å². The van der Waals surface area contributed by atoms with Crippen LogP contribution in [0.25, 0.3) is 21.5 Å². The third-order valence-electron chi connectivity index (χ3n) is 5.72. The molecule has 0 aromatic heterocycles. The third kappa shape index (κ3) is 3.58. The molecule has 0 atom stereocenters. The van der Waals surface area contributed by atoms with Gasteiger partial charge in [0, 0.05) is 11.1 Å². The molecule has 5 aromatic rings. The first kappa shape index (κ1) is 20.3. The van der Waals surface area contributed by atoms with Crippen molar-refractivity contribution >= 4 is 39.9 Å². The highest BCUT2D eigenvalue weighted by atomic mass is 16.5. The predicted molar refractivity (Wildman–Crippen MR) is 129 cm³/mol. The fourth-order valence-corrected chi connectivity index (χ4v) is 4.12. The molecule has 4 nitrogen and oxygen atoms in total. The summed E-state index contributed by atoms with van der Waals surface area (Å²) < 4.78 is 6.15. The molecule has 0 saturated carbocycles. The maximum atomic E-state index is 13.4. The van der Waals surface area contributed by atoms with E-state index in [9.17, 15) is 14.4 Å². The van der Waals surface area contributed by atoms with Crippen LogP contribution < -0.4 is 4.74 Å². The Bertz CT molecular complexity index is 1530. The van der Waals surface area contributed by atoms with Gasteiger partial charge in [0.15, 0.2) is 18.4 Å². The number of benzene rings is 5. The first-order valence-electron chi connectivity index (χ1n) is 10.5. The van der Waals surface area contributed by atoms with E-state index < -0.39 is 0 Å². The van der Waals surface area contributed by atoms with Crippen LogP contribution in [0.1, 0.15) is 36.6 Å². The first-order chi connectivity index (χ1) is 16.2. The van der Waals surface area contributed by atoms with Crippen LogP contribution in [0.2, 0.25) is 0 Å². The molecule has 0 aliphatic carbocycles. The van der Waals surface area contributed by atoms with Crippen LogP contribution >= 0.6 is 0 Å². The molecule has 0 aliphatic rings. The van der Waals surface area contributed by atoms with Crippen LogP contribution in [-0.2, 0) is 0 Å². The molecule has 0 heterocycles. The maximum Gasteiger partial charge on any atom is 0.193 e. The summed E-state index contributed by atoms with van der Waals surface area (Å²) in [5, 5.41) is 2.92. The van der Waals surface area contributed by atoms with Crippen LogP contribution in [0, 0.1) is 0 Å². The molecule has 0 bridgehead atoms. The summed E-state index contributed by atoms with van der Waals surface area (Å²) in [5.74, 6) is 0.366. The Labute approximate surface area is 190 Å². The number of fused-ring (bicyclic) bond motifs is 2. The largest absolute Gasteiger partial charge is 0.456 e. The van der Waals surface area contributed by atoms with E-state index in [1.165, 1.54) is 0 Å². The van der Waals surface area contributed by atoms with Gasteiger partial charge in [-0.25, -0.2) is 0 Å². The average molecular weight is 430 g/mol. The van der Waals surface area contributed by atoms with Crippen molar-refractivity contribution in [2.45, 2.75) is 0 Å². The van der Waals surface area contributed by atoms with Gasteiger partial charge >= 0.3 is 0 Å². The van der Waals surface area contributed by atoms with Gasteiger partial charge in [-0.2, -0.15) is 0 Å². The molecule has 0 radical (unpaired) electrons. The smallest absolute Gasteiger partial charge is 0.193 e. The summed E-state index contributed by atoms with van der Waals surface area (Å²) in [6.45, 7) is 0. The number of rotatable bonds is 6. The van der Waals surface area contributed by atoms with Crippen LogP contribution in [0.15, 0.2) is 97.1 Å². The van der Waals surface area contributed by atoms with Gasteiger partial charge in [-0.3, -0.25) is 14.4 Å². The standard InChI is InChI=1S/C29H18O4/c30-17-25-21-11-5-4-8-19(21)14-15-27(25)33-28-16-24(29(32)20-9-2-1-3-10-20)22-12-6-7-13-23(22)26(28)18-31/h1-18H. The molecule has 0 fully saturated rings. The minimum Gasteiger partial charge on any atom is -0.456 e. The van der Waals surface area contributed by atoms with Crippen LogP contribution in [-0.4, -0.2) is 18.4 Å². The second-order valence-corrected chi connectivity index (χ2v) is 7.61. The molecule has 0 amide bonds. The lowest BCUT2D eigenvalue weighted by Crippen LogP contribution is -2.05. The highest BCUT2D eigenvalue weighted by molar-refractivity contribution is 6.19. The Hall–Kier alpha value is -4.57. The molecule has 158 valence electrons. The zero-order valence-electron chi connectivity index (χ0n) is 17.5. The number of aldehydes is 2. The Morgan fingerprint density at radius 3 is 1.94 bits per heavy atom. The van der Waals surface area contributed by atoms with E-state index in [0.29, 0.717) is 38.8 Å². The van der Waals surface area contributed by atoms with Gasteiger partial charge in [-0.1, -0.05) is 84.9 Å². The average Bonchev–Trinajstić information content (AvgIpc) is 2.88. The number of carbonyl (C=O) groups is 3. The SMILES string of the molecule is O=Cc1c(Oc2cc(C(=O)c3ccccc3)c3ccccc3c2C=O)ccc2ccccc12. The minimum absolute atomic E-state index is 0.178. The number of ketones is 1. The molecular weight excluding hydrogens is 412 g/mol. The molecule has 0 spiro atoms. The fraction of sp³-hybridized carbons (Fsp3) is 0. The van der Waals surface area contributed by atoms with Gasteiger partial charge < -0.3 is 4.74 Å². The Kier molecular flexibility index (Phi) is 5.25. The summed E-state index contributed by atoms with van der Waals surface area (Å²) in [6, 6.07) is 28.8. The van der Waals surface area contributed by atoms with Gasteiger partial charge in [0.1, 0.15) is 11.5 Å². The summed E-state index contributed by atoms with van der Waals surface area (Å²) in [5.41, 5.74) is 1.66. The Balaban J connectivity index is 1.72. The van der Waals surface area contributed by atoms with Gasteiger partial charge in [-0.05, 0) is 33.7 Å². The van der Waals surface area contributed by atoms with Gasteiger partial charge in [0.25, 0.3) is 0 Å². The number of carbonyl (C=O) groups excluding carboxylic acids is 3. The highest BCUT2D eigenvalue weighted by Gasteiger charge is 2.20. The van der Waals surface area contributed by atoms with Crippen molar-refractivity contribution in [3.8, 4) is 11.5 Å². The second kappa shape index (κ2) is 8.52. The van der Waals surface area contributed by atoms with Crippen molar-refractivity contribution in [1.29, 1.82) is 0 Å². The Morgan fingerprint density at radius 2 is 1.21 bits per heavy atom. The molecule has 5 rings (SSSR count). The number of hydrogen-bond acceptors (Lipinski definition) is 4. The topological polar surface area (TPSA) is 60.4 Å². The summed E-state index contributed by atoms with van der Waals surface area (Å²) in [6.07, 6.45) is 1.46. The second-order valence-electron chi connectivity index (χ2n) is 7.61. The summed E-state index contributed by atoms with van der Waals surface area (Å²) >= 11 is 0. The molecule has 0 saturated heterocycles. The van der Waals surface area contributed by atoms with Crippen LogP contribution in [0.3, 0.4) is 0 Å². The van der Waals surface area contributed by atoms with E-state index in [0.717, 1.165) is 23.3 Å². The van der Waals surface area contributed by atoms with Crippen molar-refractivity contribution in [3.05, 3.63) is 119 Å². The monoisotopic (exact) mass is 430 g/mol. The van der Waals surface area contributed by atoms with Gasteiger partial charge in [0.2, 0.25) is 0 Å². The quantitative estimate of drug-likeness (QED) is 0.224. The predicted octanol–water partition coefficient (Wildman–Crippen LogP) is 6.64. The van der Waals surface area contributed by atoms with E-state index in [1.807, 2.05) is 54.6 Å². The molecule has 4 heteroatoms. The van der Waals surface area contributed by atoms with E-state index in [4.69, 9.17) is 4.74 Å². The molecule has 0 aliphatic heterocycles. The lowest BCUT2D eigenvalue weighted by molar-refractivity contribution is 0.103. The third-order valence-corrected chi connectivity index (χ3v) is 5.72. The maximum absolute atomic E-state index is 13.4. The summed E-state index contributed by atoms with van der Waals surface area (Å²) in [7, 11) is 0. The van der Waals surface area contributed by atoms with Gasteiger partial charge in [0.05, 0.1) is 11.1 Å². The number of ether oxygens (including phenoxy) is 1. The normalized spacial score (nSPS) is 10.8. The van der Waals surface area contributed by atoms with Crippen LogP contribution in [0.5, 0.6) is 11.5 Å². The molecule has 33 heavy (non-hydrogen) atoms. The van der Waals surface area contributed by atoms with Crippen LogP contribution in [0.4, 0.5) is 0 Å². The number of hydrogen-bond donors (Lipinski definition) is 0. The lowest BCUT2D eigenvalue weighted by atomic mass is 9.94. The molecule has 0 unspecified atom stereocenters.